The first kappa shape index (κ1) is 18.8. The van der Waals surface area contributed by atoms with Crippen molar-refractivity contribution in [3.8, 4) is 45.0 Å². The van der Waals surface area contributed by atoms with E-state index in [1.807, 2.05) is 72.8 Å². The Balaban J connectivity index is 1.65. The molecule has 0 aliphatic heterocycles. The van der Waals surface area contributed by atoms with Crippen LogP contribution in [0.2, 0.25) is 0 Å². The van der Waals surface area contributed by atoms with Gasteiger partial charge in [-0.3, -0.25) is 0 Å². The van der Waals surface area contributed by atoms with E-state index in [0.717, 1.165) is 50.7 Å². The Morgan fingerprint density at radius 3 is 1.65 bits per heavy atom. The molecule has 0 saturated heterocycles. The number of hydrogen-bond donors (Lipinski definition) is 1. The van der Waals surface area contributed by atoms with Gasteiger partial charge in [0.2, 0.25) is 0 Å². The molecule has 3 nitrogen and oxygen atoms in total. The first-order valence-corrected chi connectivity index (χ1v) is 10.2. The van der Waals surface area contributed by atoms with Gasteiger partial charge in [-0.05, 0) is 35.4 Å². The molecule has 3 heteroatoms. The van der Waals surface area contributed by atoms with Crippen molar-refractivity contribution in [2.45, 2.75) is 0 Å². The summed E-state index contributed by atoms with van der Waals surface area (Å²) in [5.41, 5.74) is 13.8. The Hall–Kier alpha value is -4.24. The Labute approximate surface area is 181 Å². The second kappa shape index (κ2) is 8.25. The second-order valence-corrected chi connectivity index (χ2v) is 7.40. The molecule has 0 saturated carbocycles. The lowest BCUT2D eigenvalue weighted by Crippen LogP contribution is -1.96. The summed E-state index contributed by atoms with van der Waals surface area (Å²) in [5.74, 6) is 0.717. The van der Waals surface area contributed by atoms with Gasteiger partial charge in [-0.25, -0.2) is 9.97 Å². The van der Waals surface area contributed by atoms with Crippen LogP contribution in [0.1, 0.15) is 0 Å². The Kier molecular flexibility index (Phi) is 4.99. The first-order valence-electron chi connectivity index (χ1n) is 10.2. The third-order valence-corrected chi connectivity index (χ3v) is 5.23. The smallest absolute Gasteiger partial charge is 0.160 e. The van der Waals surface area contributed by atoms with Gasteiger partial charge in [0.05, 0.1) is 11.4 Å². The predicted molar refractivity (Wildman–Crippen MR) is 128 cm³/mol. The molecule has 1 aromatic heterocycles. The van der Waals surface area contributed by atoms with Crippen molar-refractivity contribution in [1.29, 1.82) is 0 Å². The van der Waals surface area contributed by atoms with E-state index >= 15 is 0 Å². The molecule has 31 heavy (non-hydrogen) atoms. The highest BCUT2D eigenvalue weighted by atomic mass is 14.9. The summed E-state index contributed by atoms with van der Waals surface area (Å²) < 4.78 is 0. The fourth-order valence-corrected chi connectivity index (χ4v) is 3.60. The topological polar surface area (TPSA) is 51.8 Å². The van der Waals surface area contributed by atoms with Crippen molar-refractivity contribution in [2.24, 2.45) is 0 Å². The number of aromatic nitrogens is 2. The number of anilines is 1. The van der Waals surface area contributed by atoms with Crippen LogP contribution in [-0.2, 0) is 0 Å². The quantitative estimate of drug-likeness (QED) is 0.341. The van der Waals surface area contributed by atoms with Crippen molar-refractivity contribution in [3.63, 3.8) is 0 Å². The lowest BCUT2D eigenvalue weighted by Gasteiger charge is -2.10. The summed E-state index contributed by atoms with van der Waals surface area (Å²) in [4.78, 5) is 9.78. The number of hydrogen-bond acceptors (Lipinski definition) is 3. The molecular formula is C28H21N3. The molecule has 0 aliphatic carbocycles. The molecular weight excluding hydrogens is 378 g/mol. The van der Waals surface area contributed by atoms with Gasteiger partial charge < -0.3 is 5.73 Å². The molecule has 4 aromatic carbocycles. The maximum Gasteiger partial charge on any atom is 0.160 e. The van der Waals surface area contributed by atoms with Gasteiger partial charge in [-0.1, -0.05) is 91.0 Å². The highest BCUT2D eigenvalue weighted by Crippen LogP contribution is 2.30. The van der Waals surface area contributed by atoms with Crippen LogP contribution in [0.15, 0.2) is 115 Å². The van der Waals surface area contributed by atoms with E-state index in [-0.39, 0.29) is 0 Å². The molecule has 0 bridgehead atoms. The lowest BCUT2D eigenvalue weighted by molar-refractivity contribution is 1.18. The summed E-state index contributed by atoms with van der Waals surface area (Å²) in [5, 5.41) is 0. The zero-order chi connectivity index (χ0) is 21.0. The molecule has 148 valence electrons. The fourth-order valence-electron chi connectivity index (χ4n) is 3.60. The molecule has 0 amide bonds. The SMILES string of the molecule is Nc1ccc(-c2cccc(-c3cc(-c4ccccc4)nc(-c4ccccc4)n3)c2)cc1. The molecule has 0 spiro atoms. The van der Waals surface area contributed by atoms with E-state index in [2.05, 4.69) is 42.5 Å². The van der Waals surface area contributed by atoms with Crippen LogP contribution in [0.5, 0.6) is 0 Å². The van der Waals surface area contributed by atoms with Crippen molar-refractivity contribution in [3.05, 3.63) is 115 Å². The Morgan fingerprint density at radius 1 is 0.419 bits per heavy atom. The molecule has 0 fully saturated rings. The van der Waals surface area contributed by atoms with Gasteiger partial charge in [-0.2, -0.15) is 0 Å². The average molecular weight is 399 g/mol. The van der Waals surface area contributed by atoms with Crippen molar-refractivity contribution < 1.29 is 0 Å². The number of nitrogen functional groups attached to an aromatic ring is 1. The monoisotopic (exact) mass is 399 g/mol. The zero-order valence-corrected chi connectivity index (χ0v) is 16.9. The first-order chi connectivity index (χ1) is 15.3. The van der Waals surface area contributed by atoms with Gasteiger partial charge in [0.1, 0.15) is 0 Å². The second-order valence-electron chi connectivity index (χ2n) is 7.40. The number of benzene rings is 4. The summed E-state index contributed by atoms with van der Waals surface area (Å²) in [6.07, 6.45) is 0. The minimum Gasteiger partial charge on any atom is -0.399 e. The lowest BCUT2D eigenvalue weighted by atomic mass is 10.0. The molecule has 1 heterocycles. The Bertz CT molecular complexity index is 1250. The third-order valence-electron chi connectivity index (χ3n) is 5.23. The average Bonchev–Trinajstić information content (AvgIpc) is 2.85. The van der Waals surface area contributed by atoms with Crippen molar-refractivity contribution in [1.82, 2.24) is 9.97 Å². The maximum atomic E-state index is 5.85. The number of nitrogens with two attached hydrogens (primary N) is 1. The normalized spacial score (nSPS) is 10.7. The molecule has 0 atom stereocenters. The highest BCUT2D eigenvalue weighted by Gasteiger charge is 2.11. The highest BCUT2D eigenvalue weighted by molar-refractivity contribution is 5.76. The molecule has 2 N–H and O–H groups in total. The van der Waals surface area contributed by atoms with Crippen LogP contribution in [0, 0.1) is 0 Å². The van der Waals surface area contributed by atoms with E-state index in [1.54, 1.807) is 0 Å². The van der Waals surface area contributed by atoms with Crippen LogP contribution in [0.4, 0.5) is 5.69 Å². The van der Waals surface area contributed by atoms with Gasteiger partial charge in [0.15, 0.2) is 5.82 Å². The molecule has 5 aromatic rings. The van der Waals surface area contributed by atoms with Gasteiger partial charge in [0.25, 0.3) is 0 Å². The van der Waals surface area contributed by atoms with Crippen LogP contribution < -0.4 is 5.73 Å². The fraction of sp³-hybridized carbons (Fsp3) is 0. The maximum absolute atomic E-state index is 5.85. The van der Waals surface area contributed by atoms with Gasteiger partial charge >= 0.3 is 0 Å². The summed E-state index contributed by atoms with van der Waals surface area (Å²) in [7, 11) is 0. The van der Waals surface area contributed by atoms with Gasteiger partial charge in [-0.15, -0.1) is 0 Å². The van der Waals surface area contributed by atoms with Gasteiger partial charge in [0, 0.05) is 22.4 Å². The van der Waals surface area contributed by atoms with E-state index in [4.69, 9.17) is 15.7 Å². The van der Waals surface area contributed by atoms with Crippen LogP contribution >= 0.6 is 0 Å². The summed E-state index contributed by atoms with van der Waals surface area (Å²) in [6, 6.07) is 38.7. The van der Waals surface area contributed by atoms with Crippen molar-refractivity contribution in [2.75, 3.05) is 5.73 Å². The minimum atomic E-state index is 0.717. The standard InChI is InChI=1S/C28H21N3/c29-25-16-14-20(15-17-25)23-12-7-13-24(18-23)27-19-26(21-8-3-1-4-9-21)30-28(31-27)22-10-5-2-6-11-22/h1-19H,29H2. The summed E-state index contributed by atoms with van der Waals surface area (Å²) in [6.45, 7) is 0. The van der Waals surface area contributed by atoms with E-state index in [1.165, 1.54) is 0 Å². The van der Waals surface area contributed by atoms with Crippen LogP contribution in [0.3, 0.4) is 0 Å². The largest absolute Gasteiger partial charge is 0.399 e. The van der Waals surface area contributed by atoms with E-state index in [9.17, 15) is 0 Å². The molecule has 5 rings (SSSR count). The minimum absolute atomic E-state index is 0.717. The third kappa shape index (κ3) is 4.07. The molecule has 0 unspecified atom stereocenters. The predicted octanol–water partition coefficient (Wildman–Crippen LogP) is 6.73. The number of nitrogens with zero attached hydrogens (tertiary/aromatic N) is 2. The molecule has 0 radical (unpaired) electrons. The number of rotatable bonds is 4. The van der Waals surface area contributed by atoms with E-state index in [0.29, 0.717) is 0 Å². The van der Waals surface area contributed by atoms with Crippen LogP contribution in [-0.4, -0.2) is 9.97 Å². The van der Waals surface area contributed by atoms with Crippen molar-refractivity contribution >= 4 is 5.69 Å². The molecule has 0 aliphatic rings. The Morgan fingerprint density at radius 2 is 0.968 bits per heavy atom. The zero-order valence-electron chi connectivity index (χ0n) is 16.9. The van der Waals surface area contributed by atoms with Crippen LogP contribution in [0.25, 0.3) is 45.0 Å². The summed E-state index contributed by atoms with van der Waals surface area (Å²) >= 11 is 0. The van der Waals surface area contributed by atoms with E-state index < -0.39 is 0 Å².